The number of phenolic OH excluding ortho intramolecular Hbond substituents is 1. The molecule has 1 N–H and O–H groups in total. The maximum atomic E-state index is 13.1. The first-order valence-corrected chi connectivity index (χ1v) is 10.7. The number of nitrogens with zero attached hydrogens (tertiary/aromatic N) is 1. The molecule has 154 valence electrons. The van der Waals surface area contributed by atoms with Crippen LogP contribution in [0.1, 0.15) is 37.7 Å². The fraction of sp³-hybridized carbons (Fsp3) is 0.450. The normalized spacial score (nSPS) is 12.6. The van der Waals surface area contributed by atoms with Crippen LogP contribution in [0.25, 0.3) is 11.1 Å². The maximum absolute atomic E-state index is 13.1. The predicted octanol–water partition coefficient (Wildman–Crippen LogP) is 5.11. The van der Waals surface area contributed by atoms with Crippen LogP contribution in [0.15, 0.2) is 24.4 Å². The minimum absolute atomic E-state index is 0.0574. The van der Waals surface area contributed by atoms with E-state index in [4.69, 9.17) is 18.5 Å². The molecule has 0 spiro atoms. The van der Waals surface area contributed by atoms with Gasteiger partial charge in [-0.15, -0.1) is 0 Å². The minimum Gasteiger partial charge on any atom is -0.502 e. The van der Waals surface area contributed by atoms with Crippen molar-refractivity contribution in [3.05, 3.63) is 35.7 Å². The molecule has 0 fully saturated rings. The van der Waals surface area contributed by atoms with Gasteiger partial charge in [0.05, 0.1) is 33.1 Å². The summed E-state index contributed by atoms with van der Waals surface area (Å²) in [5, 5.41) is 10.1. The molecule has 28 heavy (non-hydrogen) atoms. The summed E-state index contributed by atoms with van der Waals surface area (Å²) in [4.78, 5) is 4.54. The number of methoxy groups -OCH3 is 2. The molecule has 0 aliphatic rings. The van der Waals surface area contributed by atoms with E-state index in [2.05, 4.69) is 4.98 Å². The molecule has 2 aromatic rings. The van der Waals surface area contributed by atoms with Crippen molar-refractivity contribution >= 4 is 7.60 Å². The molecule has 1 aromatic heterocycles. The van der Waals surface area contributed by atoms with Crippen molar-refractivity contribution in [3.8, 4) is 28.4 Å². The highest BCUT2D eigenvalue weighted by molar-refractivity contribution is 7.54. The standard InChI is InChI=1S/C20H28NO6P/c1-7-26-28(23,27-8-2)14(4)19-13(3)9-16(12-21-19)15-10-17(24-5)20(22)18(11-15)25-6/h9-12,14,22H,7-8H2,1-6H3. The second kappa shape index (κ2) is 9.41. The number of phenols is 1. The maximum Gasteiger partial charge on any atom is 0.339 e. The Labute approximate surface area is 166 Å². The van der Waals surface area contributed by atoms with E-state index < -0.39 is 13.3 Å². The molecule has 2 rings (SSSR count). The quantitative estimate of drug-likeness (QED) is 0.576. The summed E-state index contributed by atoms with van der Waals surface area (Å²) >= 11 is 0. The van der Waals surface area contributed by atoms with Crippen molar-refractivity contribution in [2.45, 2.75) is 33.4 Å². The van der Waals surface area contributed by atoms with Crippen molar-refractivity contribution < 1.29 is 28.2 Å². The lowest BCUT2D eigenvalue weighted by molar-refractivity contribution is 0.213. The first-order valence-electron chi connectivity index (χ1n) is 9.11. The Balaban J connectivity index is 2.46. The molecular formula is C20H28NO6P. The number of pyridine rings is 1. The molecule has 0 saturated carbocycles. The van der Waals surface area contributed by atoms with Crippen LogP contribution in [0.4, 0.5) is 0 Å². The number of hydrogen-bond donors (Lipinski definition) is 1. The van der Waals surface area contributed by atoms with E-state index in [0.29, 0.717) is 30.4 Å². The van der Waals surface area contributed by atoms with Crippen LogP contribution >= 0.6 is 7.60 Å². The van der Waals surface area contributed by atoms with Gasteiger partial charge in [-0.3, -0.25) is 9.55 Å². The number of aryl methyl sites for hydroxylation is 1. The van der Waals surface area contributed by atoms with Gasteiger partial charge in [-0.05, 0) is 57.0 Å². The molecule has 1 unspecified atom stereocenters. The van der Waals surface area contributed by atoms with Crippen molar-refractivity contribution in [1.29, 1.82) is 0 Å². The lowest BCUT2D eigenvalue weighted by Crippen LogP contribution is -2.07. The van der Waals surface area contributed by atoms with Crippen LogP contribution in [-0.4, -0.2) is 37.5 Å². The highest BCUT2D eigenvalue weighted by Crippen LogP contribution is 2.60. The summed E-state index contributed by atoms with van der Waals surface area (Å²) in [5.41, 5.74) is 2.61. The van der Waals surface area contributed by atoms with Gasteiger partial charge in [-0.25, -0.2) is 0 Å². The highest BCUT2D eigenvalue weighted by Gasteiger charge is 2.35. The van der Waals surface area contributed by atoms with Crippen LogP contribution in [-0.2, 0) is 13.6 Å². The fourth-order valence-electron chi connectivity index (χ4n) is 3.01. The zero-order chi connectivity index (χ0) is 20.9. The van der Waals surface area contributed by atoms with Crippen LogP contribution in [0, 0.1) is 6.92 Å². The lowest BCUT2D eigenvalue weighted by atomic mass is 10.0. The van der Waals surface area contributed by atoms with E-state index in [0.717, 1.165) is 16.7 Å². The average Bonchev–Trinajstić information content (AvgIpc) is 2.68. The second-order valence-corrected chi connectivity index (χ2v) is 8.58. The van der Waals surface area contributed by atoms with Gasteiger partial charge in [0.2, 0.25) is 5.75 Å². The molecule has 1 heterocycles. The van der Waals surface area contributed by atoms with Gasteiger partial charge in [0.25, 0.3) is 0 Å². The molecule has 0 aliphatic carbocycles. The van der Waals surface area contributed by atoms with Crippen LogP contribution in [0.5, 0.6) is 17.2 Å². The molecule has 0 amide bonds. The number of ether oxygens (including phenoxy) is 2. The average molecular weight is 409 g/mol. The van der Waals surface area contributed by atoms with Crippen molar-refractivity contribution in [1.82, 2.24) is 4.98 Å². The first-order chi connectivity index (χ1) is 13.3. The highest BCUT2D eigenvalue weighted by atomic mass is 31.2. The van der Waals surface area contributed by atoms with Crippen LogP contribution in [0.3, 0.4) is 0 Å². The fourth-order valence-corrected chi connectivity index (χ4v) is 4.82. The Bertz CT molecular complexity index is 835. The van der Waals surface area contributed by atoms with Crippen molar-refractivity contribution in [3.63, 3.8) is 0 Å². The number of aromatic nitrogens is 1. The van der Waals surface area contributed by atoms with Crippen LogP contribution < -0.4 is 9.47 Å². The van der Waals surface area contributed by atoms with E-state index in [1.807, 2.05) is 13.0 Å². The summed E-state index contributed by atoms with van der Waals surface area (Å²) < 4.78 is 34.4. The molecule has 0 saturated heterocycles. The Kier molecular flexibility index (Phi) is 7.47. The van der Waals surface area contributed by atoms with Crippen molar-refractivity contribution in [2.24, 2.45) is 0 Å². The summed E-state index contributed by atoms with van der Waals surface area (Å²) in [6.45, 7) is 7.87. The van der Waals surface area contributed by atoms with E-state index in [-0.39, 0.29) is 5.75 Å². The monoisotopic (exact) mass is 409 g/mol. The minimum atomic E-state index is -3.31. The molecule has 1 atom stereocenters. The molecule has 8 heteroatoms. The Hall–Kier alpha value is -2.08. The third-order valence-electron chi connectivity index (χ3n) is 4.42. The van der Waals surface area contributed by atoms with E-state index in [1.54, 1.807) is 39.1 Å². The number of hydrogen-bond acceptors (Lipinski definition) is 7. The van der Waals surface area contributed by atoms with E-state index >= 15 is 0 Å². The number of aromatic hydroxyl groups is 1. The smallest absolute Gasteiger partial charge is 0.339 e. The SMILES string of the molecule is CCOP(=O)(OCC)C(C)c1ncc(-c2cc(OC)c(O)c(OC)c2)cc1C. The second-order valence-electron chi connectivity index (χ2n) is 6.21. The largest absolute Gasteiger partial charge is 0.502 e. The number of rotatable bonds is 9. The Morgan fingerprint density at radius 1 is 1.04 bits per heavy atom. The van der Waals surface area contributed by atoms with Gasteiger partial charge in [0.15, 0.2) is 11.5 Å². The Morgan fingerprint density at radius 2 is 1.57 bits per heavy atom. The molecule has 0 radical (unpaired) electrons. The van der Waals surface area contributed by atoms with Gasteiger partial charge in [-0.2, -0.15) is 0 Å². The molecule has 7 nitrogen and oxygen atoms in total. The summed E-state index contributed by atoms with van der Waals surface area (Å²) in [6.07, 6.45) is 1.69. The molecule has 0 aliphatic heterocycles. The van der Waals surface area contributed by atoms with Crippen LogP contribution in [0.2, 0.25) is 0 Å². The van der Waals surface area contributed by atoms with Gasteiger partial charge >= 0.3 is 7.60 Å². The summed E-state index contributed by atoms with van der Waals surface area (Å²) in [7, 11) is -0.358. The third-order valence-corrected chi connectivity index (χ3v) is 6.85. The summed E-state index contributed by atoms with van der Waals surface area (Å²) in [6, 6.07) is 5.36. The van der Waals surface area contributed by atoms with E-state index in [9.17, 15) is 9.67 Å². The third kappa shape index (κ3) is 4.49. The first kappa shape index (κ1) is 22.2. The lowest BCUT2D eigenvalue weighted by Gasteiger charge is -2.24. The topological polar surface area (TPSA) is 87.1 Å². The van der Waals surface area contributed by atoms with Gasteiger partial charge < -0.3 is 23.6 Å². The van der Waals surface area contributed by atoms with Gasteiger partial charge in [-0.1, -0.05) is 0 Å². The van der Waals surface area contributed by atoms with E-state index in [1.165, 1.54) is 14.2 Å². The molecule has 1 aromatic carbocycles. The van der Waals surface area contributed by atoms with Gasteiger partial charge in [0, 0.05) is 11.8 Å². The molecular weight excluding hydrogens is 381 g/mol. The summed E-state index contributed by atoms with van der Waals surface area (Å²) in [5.74, 6) is 0.557. The molecule has 0 bridgehead atoms. The zero-order valence-corrected chi connectivity index (χ0v) is 18.1. The van der Waals surface area contributed by atoms with Gasteiger partial charge in [0.1, 0.15) is 5.66 Å². The Morgan fingerprint density at radius 3 is 2.00 bits per heavy atom. The number of benzene rings is 1. The van der Waals surface area contributed by atoms with Crippen molar-refractivity contribution in [2.75, 3.05) is 27.4 Å². The predicted molar refractivity (Wildman–Crippen MR) is 108 cm³/mol. The zero-order valence-electron chi connectivity index (χ0n) is 17.2.